The Bertz CT molecular complexity index is 816. The van der Waals surface area contributed by atoms with E-state index in [0.29, 0.717) is 5.69 Å². The van der Waals surface area contributed by atoms with Gasteiger partial charge in [0.25, 0.3) is 5.91 Å². The molecule has 0 aliphatic carbocycles. The third kappa shape index (κ3) is 4.85. The molecule has 1 N–H and O–H groups in total. The molecule has 2 rings (SSSR count). The Morgan fingerprint density at radius 3 is 2.16 bits per heavy atom. The second kappa shape index (κ2) is 8.20. The van der Waals surface area contributed by atoms with Crippen LogP contribution in [0.25, 0.3) is 0 Å². The fourth-order valence-electron chi connectivity index (χ4n) is 2.24. The van der Waals surface area contributed by atoms with Crippen LogP contribution in [0.5, 0.6) is 0 Å². The maximum atomic E-state index is 12.5. The van der Waals surface area contributed by atoms with Crippen molar-refractivity contribution in [3.05, 3.63) is 59.7 Å². The standard InChI is InChI=1S/C18H19F2NO3S/c1-2-3-4-13-5-9-15(10-6-13)21-17(22)14-7-11-16(12-8-14)25(23,24)18(19)20/h5-12,18H,2-4H2,1H3,(H,21,22). The number of hydrogen-bond donors (Lipinski definition) is 1. The van der Waals surface area contributed by atoms with Crippen LogP contribution in [0.15, 0.2) is 53.4 Å². The Labute approximate surface area is 145 Å². The number of unbranched alkanes of at least 4 members (excludes halogenated alkanes) is 1. The number of rotatable bonds is 7. The van der Waals surface area contributed by atoms with E-state index in [9.17, 15) is 22.0 Å². The van der Waals surface area contributed by atoms with Crippen molar-refractivity contribution in [2.45, 2.75) is 36.8 Å². The SMILES string of the molecule is CCCCc1ccc(NC(=O)c2ccc(S(=O)(=O)C(F)F)cc2)cc1. The average molecular weight is 367 g/mol. The van der Waals surface area contributed by atoms with Gasteiger partial charge in [-0.3, -0.25) is 4.79 Å². The van der Waals surface area contributed by atoms with E-state index in [4.69, 9.17) is 0 Å². The monoisotopic (exact) mass is 367 g/mol. The van der Waals surface area contributed by atoms with Crippen LogP contribution >= 0.6 is 0 Å². The first-order chi connectivity index (χ1) is 11.8. The van der Waals surface area contributed by atoms with Gasteiger partial charge in [0.2, 0.25) is 9.84 Å². The van der Waals surface area contributed by atoms with E-state index in [-0.39, 0.29) is 5.56 Å². The van der Waals surface area contributed by atoms with Gasteiger partial charge < -0.3 is 5.32 Å². The van der Waals surface area contributed by atoms with Gasteiger partial charge in [0.1, 0.15) is 0 Å². The Balaban J connectivity index is 2.06. The largest absolute Gasteiger partial charge is 0.341 e. The lowest BCUT2D eigenvalue weighted by molar-refractivity contribution is 0.102. The summed E-state index contributed by atoms with van der Waals surface area (Å²) in [4.78, 5) is 11.6. The first kappa shape index (κ1) is 19.1. The topological polar surface area (TPSA) is 63.2 Å². The van der Waals surface area contributed by atoms with Gasteiger partial charge in [0.05, 0.1) is 4.90 Å². The number of anilines is 1. The van der Waals surface area contributed by atoms with E-state index in [1.807, 2.05) is 12.1 Å². The summed E-state index contributed by atoms with van der Waals surface area (Å²) in [5, 5.41) is 2.69. The molecule has 1 amide bonds. The Morgan fingerprint density at radius 2 is 1.64 bits per heavy atom. The number of hydrogen-bond acceptors (Lipinski definition) is 3. The number of nitrogens with one attached hydrogen (secondary N) is 1. The molecule has 0 atom stereocenters. The van der Waals surface area contributed by atoms with Crippen LogP contribution in [0.3, 0.4) is 0 Å². The summed E-state index contributed by atoms with van der Waals surface area (Å²) < 4.78 is 47.7. The van der Waals surface area contributed by atoms with E-state index in [0.717, 1.165) is 31.4 Å². The fraction of sp³-hybridized carbons (Fsp3) is 0.278. The van der Waals surface area contributed by atoms with Gasteiger partial charge in [-0.15, -0.1) is 0 Å². The lowest BCUT2D eigenvalue weighted by atomic mass is 10.1. The molecule has 0 bridgehead atoms. The first-order valence-corrected chi connectivity index (χ1v) is 9.41. The fourth-order valence-corrected chi connectivity index (χ4v) is 2.96. The lowest BCUT2D eigenvalue weighted by Crippen LogP contribution is -2.14. The number of sulfone groups is 1. The molecule has 2 aromatic rings. The van der Waals surface area contributed by atoms with Crippen LogP contribution in [0.4, 0.5) is 14.5 Å². The number of aryl methyl sites for hydroxylation is 1. The van der Waals surface area contributed by atoms with Crippen LogP contribution in [-0.2, 0) is 16.3 Å². The Hall–Kier alpha value is -2.28. The molecule has 0 aliphatic heterocycles. The highest BCUT2D eigenvalue weighted by atomic mass is 32.2. The smallest absolute Gasteiger partial charge is 0.322 e. The van der Waals surface area contributed by atoms with Crippen molar-refractivity contribution in [3.8, 4) is 0 Å². The summed E-state index contributed by atoms with van der Waals surface area (Å²) in [6.07, 6.45) is 3.18. The summed E-state index contributed by atoms with van der Waals surface area (Å²) in [6.45, 7) is 2.12. The minimum absolute atomic E-state index is 0.184. The Kier molecular flexibility index (Phi) is 6.25. The summed E-state index contributed by atoms with van der Waals surface area (Å²) in [5.41, 5.74) is 1.97. The zero-order valence-corrected chi connectivity index (χ0v) is 14.5. The lowest BCUT2D eigenvalue weighted by Gasteiger charge is -2.08. The maximum absolute atomic E-state index is 12.5. The minimum atomic E-state index is -4.66. The van der Waals surface area contributed by atoms with Crippen molar-refractivity contribution in [2.24, 2.45) is 0 Å². The predicted octanol–water partition coefficient (Wildman–Crippen LogP) is 4.28. The number of benzene rings is 2. The van der Waals surface area contributed by atoms with Crippen LogP contribution in [0.1, 0.15) is 35.7 Å². The molecule has 0 aromatic heterocycles. The average Bonchev–Trinajstić information content (AvgIpc) is 2.61. The molecule has 25 heavy (non-hydrogen) atoms. The number of carbonyl (C=O) groups excluding carboxylic acids is 1. The van der Waals surface area contributed by atoms with E-state index < -0.39 is 26.4 Å². The van der Waals surface area contributed by atoms with Gasteiger partial charge >= 0.3 is 5.76 Å². The van der Waals surface area contributed by atoms with Gasteiger partial charge in [-0.25, -0.2) is 8.42 Å². The number of alkyl halides is 2. The van der Waals surface area contributed by atoms with Gasteiger partial charge in [0.15, 0.2) is 0 Å². The highest BCUT2D eigenvalue weighted by molar-refractivity contribution is 7.91. The molecule has 2 aromatic carbocycles. The third-order valence-corrected chi connectivity index (χ3v) is 5.11. The molecule has 4 nitrogen and oxygen atoms in total. The quantitative estimate of drug-likeness (QED) is 0.794. The highest BCUT2D eigenvalue weighted by Gasteiger charge is 2.26. The molecule has 0 radical (unpaired) electrons. The molecule has 0 saturated carbocycles. The van der Waals surface area contributed by atoms with Gasteiger partial charge in [-0.05, 0) is 54.8 Å². The number of amides is 1. The second-order valence-corrected chi connectivity index (χ2v) is 7.50. The molecule has 0 aliphatic rings. The minimum Gasteiger partial charge on any atom is -0.322 e. The van der Waals surface area contributed by atoms with Crippen molar-refractivity contribution < 1.29 is 22.0 Å². The molecular weight excluding hydrogens is 348 g/mol. The summed E-state index contributed by atoms with van der Waals surface area (Å²) in [6, 6.07) is 11.9. The van der Waals surface area contributed by atoms with Crippen LogP contribution in [0, 0.1) is 0 Å². The summed E-state index contributed by atoms with van der Waals surface area (Å²) >= 11 is 0. The van der Waals surface area contributed by atoms with Crippen molar-refractivity contribution >= 4 is 21.4 Å². The van der Waals surface area contributed by atoms with Crippen LogP contribution in [0.2, 0.25) is 0 Å². The number of carbonyl (C=O) groups is 1. The second-order valence-electron chi connectivity index (χ2n) is 5.58. The van der Waals surface area contributed by atoms with E-state index in [2.05, 4.69) is 12.2 Å². The van der Waals surface area contributed by atoms with Crippen LogP contribution in [-0.4, -0.2) is 20.1 Å². The van der Waals surface area contributed by atoms with Crippen molar-refractivity contribution in [3.63, 3.8) is 0 Å². The number of halogens is 2. The van der Waals surface area contributed by atoms with E-state index in [1.165, 1.54) is 17.7 Å². The summed E-state index contributed by atoms with van der Waals surface area (Å²) in [7, 11) is -4.66. The van der Waals surface area contributed by atoms with E-state index >= 15 is 0 Å². The van der Waals surface area contributed by atoms with Crippen molar-refractivity contribution in [1.82, 2.24) is 0 Å². The van der Waals surface area contributed by atoms with Crippen LogP contribution < -0.4 is 5.32 Å². The van der Waals surface area contributed by atoms with Gasteiger partial charge in [-0.2, -0.15) is 8.78 Å². The molecule has 0 heterocycles. The maximum Gasteiger partial charge on any atom is 0.341 e. The molecular formula is C18H19F2NO3S. The first-order valence-electron chi connectivity index (χ1n) is 7.87. The van der Waals surface area contributed by atoms with Crippen molar-refractivity contribution in [1.29, 1.82) is 0 Å². The zero-order chi connectivity index (χ0) is 18.4. The molecule has 134 valence electrons. The van der Waals surface area contributed by atoms with Crippen molar-refractivity contribution in [2.75, 3.05) is 5.32 Å². The molecule has 0 spiro atoms. The highest BCUT2D eigenvalue weighted by Crippen LogP contribution is 2.19. The normalized spacial score (nSPS) is 11.5. The zero-order valence-electron chi connectivity index (χ0n) is 13.7. The molecule has 0 saturated heterocycles. The van der Waals surface area contributed by atoms with E-state index in [1.54, 1.807) is 12.1 Å². The third-order valence-electron chi connectivity index (χ3n) is 3.71. The predicted molar refractivity (Wildman–Crippen MR) is 92.6 cm³/mol. The van der Waals surface area contributed by atoms with Gasteiger partial charge in [0, 0.05) is 11.3 Å². The molecule has 7 heteroatoms. The van der Waals surface area contributed by atoms with Gasteiger partial charge in [-0.1, -0.05) is 25.5 Å². The molecule has 0 unspecified atom stereocenters. The summed E-state index contributed by atoms with van der Waals surface area (Å²) in [5.74, 6) is -3.93. The molecule has 0 fully saturated rings. The Morgan fingerprint density at radius 1 is 1.04 bits per heavy atom.